The molecule has 0 spiro atoms. The molecule has 0 radical (unpaired) electrons. The van der Waals surface area contributed by atoms with Gasteiger partial charge in [-0.2, -0.15) is 0 Å². The largest absolute Gasteiger partial charge is 0.336 e. The van der Waals surface area contributed by atoms with E-state index in [1.165, 1.54) is 4.90 Å². The van der Waals surface area contributed by atoms with Gasteiger partial charge >= 0.3 is 6.03 Å². The number of benzene rings is 2. The number of likely N-dealkylation sites (tertiary alicyclic amines) is 1. The number of rotatable bonds is 5. The molecule has 1 fully saturated rings. The van der Waals surface area contributed by atoms with Crippen LogP contribution in [0.5, 0.6) is 0 Å². The Morgan fingerprint density at radius 3 is 2.60 bits per heavy atom. The van der Waals surface area contributed by atoms with E-state index in [1.54, 1.807) is 30.3 Å². The Bertz CT molecular complexity index is 936. The molecular weight excluding hydrogens is 398 g/mol. The number of urea groups is 1. The van der Waals surface area contributed by atoms with Crippen molar-refractivity contribution in [1.29, 1.82) is 0 Å². The van der Waals surface area contributed by atoms with Crippen molar-refractivity contribution in [2.75, 3.05) is 18.4 Å². The number of piperidine rings is 1. The van der Waals surface area contributed by atoms with Crippen LogP contribution < -0.4 is 5.32 Å². The lowest BCUT2D eigenvalue weighted by Gasteiger charge is -2.33. The van der Waals surface area contributed by atoms with Gasteiger partial charge < -0.3 is 15.1 Å². The second-order valence-corrected chi connectivity index (χ2v) is 7.91. The predicted molar refractivity (Wildman–Crippen MR) is 121 cm³/mol. The summed E-state index contributed by atoms with van der Waals surface area (Å²) in [6, 6.07) is 14.3. The molecule has 30 heavy (non-hydrogen) atoms. The van der Waals surface area contributed by atoms with Crippen LogP contribution in [-0.4, -0.2) is 40.9 Å². The summed E-state index contributed by atoms with van der Waals surface area (Å²) in [7, 11) is 0. The zero-order chi connectivity index (χ0) is 21.5. The smallest absolute Gasteiger partial charge is 0.322 e. The molecule has 0 aromatic heterocycles. The van der Waals surface area contributed by atoms with E-state index in [4.69, 9.17) is 18.0 Å². The Balaban J connectivity index is 1.65. The fourth-order valence-electron chi connectivity index (χ4n) is 3.61. The second-order valence-electron chi connectivity index (χ2n) is 7.50. The van der Waals surface area contributed by atoms with E-state index in [1.807, 2.05) is 23.1 Å². The summed E-state index contributed by atoms with van der Waals surface area (Å²) in [4.78, 5) is 28.9. The topological polar surface area (TPSA) is 52.7 Å². The minimum absolute atomic E-state index is 0.0350. The fourth-order valence-corrected chi connectivity index (χ4v) is 3.80. The van der Waals surface area contributed by atoms with Gasteiger partial charge in [-0.1, -0.05) is 35.7 Å². The number of carbonyl (C=O) groups excluding carboxylic acids is 2. The first-order valence-electron chi connectivity index (χ1n) is 10.1. The quantitative estimate of drug-likeness (QED) is 0.686. The molecule has 5 nitrogen and oxygen atoms in total. The summed E-state index contributed by atoms with van der Waals surface area (Å²) in [6.45, 7) is 3.34. The average Bonchev–Trinajstić information content (AvgIpc) is 2.75. The first-order valence-corrected chi connectivity index (χ1v) is 10.5. The van der Waals surface area contributed by atoms with Crippen LogP contribution in [0.15, 0.2) is 48.5 Å². The summed E-state index contributed by atoms with van der Waals surface area (Å²) in [6.07, 6.45) is 8.69. The van der Waals surface area contributed by atoms with Crippen LogP contribution in [0.25, 0.3) is 0 Å². The monoisotopic (exact) mass is 423 g/mol. The molecule has 1 atom stereocenters. The number of anilines is 1. The maximum Gasteiger partial charge on any atom is 0.322 e. The van der Waals surface area contributed by atoms with Crippen LogP contribution in [0.3, 0.4) is 0 Å². The van der Waals surface area contributed by atoms with Crippen LogP contribution in [0, 0.1) is 12.3 Å². The van der Waals surface area contributed by atoms with E-state index in [0.717, 1.165) is 31.4 Å². The summed E-state index contributed by atoms with van der Waals surface area (Å²) in [5.41, 5.74) is 2.05. The summed E-state index contributed by atoms with van der Waals surface area (Å²) in [5, 5.41) is 3.43. The number of nitrogens with zero attached hydrogens (tertiary/aromatic N) is 2. The Kier molecular flexibility index (Phi) is 7.37. The highest BCUT2D eigenvalue weighted by Crippen LogP contribution is 2.21. The van der Waals surface area contributed by atoms with Gasteiger partial charge in [-0.15, -0.1) is 6.42 Å². The number of nitrogens with one attached hydrogen (secondary N) is 1. The normalized spacial score (nSPS) is 15.9. The Hall–Kier alpha value is -2.97. The van der Waals surface area contributed by atoms with Crippen molar-refractivity contribution < 1.29 is 9.59 Å². The third-order valence-electron chi connectivity index (χ3n) is 5.34. The van der Waals surface area contributed by atoms with E-state index in [9.17, 15) is 9.59 Å². The number of amides is 3. The Morgan fingerprint density at radius 1 is 1.20 bits per heavy atom. The SMILES string of the molecule is C#CCN(Cc1ccccc1Cl)C(=O)Nc1ccc(C(=O)N2CCCC[C@H]2C)cc1. The lowest BCUT2D eigenvalue weighted by molar-refractivity contribution is 0.0635. The standard InChI is InChI=1S/C24H26ClN3O2/c1-3-15-27(17-20-9-4-5-10-22(20)25)24(30)26-21-13-11-19(12-14-21)23(29)28-16-7-6-8-18(28)2/h1,4-5,9-14,18H,6-8,15-17H2,2H3,(H,26,30)/t18-/m1/s1. The fraction of sp³-hybridized carbons (Fsp3) is 0.333. The van der Waals surface area contributed by atoms with Gasteiger partial charge in [-0.25, -0.2) is 4.79 Å². The number of terminal acetylenes is 1. The molecule has 1 aliphatic heterocycles. The third-order valence-corrected chi connectivity index (χ3v) is 5.70. The van der Waals surface area contributed by atoms with E-state index >= 15 is 0 Å². The summed E-state index contributed by atoms with van der Waals surface area (Å²) >= 11 is 6.21. The van der Waals surface area contributed by atoms with Crippen LogP contribution >= 0.6 is 11.6 Å². The molecular formula is C24H26ClN3O2. The molecule has 1 N–H and O–H groups in total. The van der Waals surface area contributed by atoms with Crippen molar-refractivity contribution in [2.24, 2.45) is 0 Å². The van der Waals surface area contributed by atoms with Crippen LogP contribution in [0.4, 0.5) is 10.5 Å². The average molecular weight is 424 g/mol. The van der Waals surface area contributed by atoms with Gasteiger partial charge in [0.05, 0.1) is 6.54 Å². The van der Waals surface area contributed by atoms with Crippen molar-refractivity contribution in [1.82, 2.24) is 9.80 Å². The Morgan fingerprint density at radius 2 is 1.93 bits per heavy atom. The number of hydrogen-bond acceptors (Lipinski definition) is 2. The van der Waals surface area contributed by atoms with Gasteiger partial charge in [0.1, 0.15) is 0 Å². The molecule has 0 saturated carbocycles. The molecule has 2 aromatic rings. The Labute approximate surface area is 183 Å². The van der Waals surface area contributed by atoms with E-state index < -0.39 is 0 Å². The van der Waals surface area contributed by atoms with Crippen LogP contribution in [-0.2, 0) is 6.54 Å². The molecule has 3 amide bonds. The van der Waals surface area contributed by atoms with Crippen molar-refractivity contribution in [3.05, 3.63) is 64.7 Å². The first kappa shape index (κ1) is 21.7. The van der Waals surface area contributed by atoms with Gasteiger partial charge in [-0.3, -0.25) is 4.79 Å². The maximum absolute atomic E-state index is 12.8. The van der Waals surface area contributed by atoms with Crippen LogP contribution in [0.2, 0.25) is 5.02 Å². The molecule has 3 rings (SSSR count). The van der Waals surface area contributed by atoms with Crippen molar-refractivity contribution in [3.63, 3.8) is 0 Å². The van der Waals surface area contributed by atoms with Gasteiger partial charge in [0.2, 0.25) is 0 Å². The third kappa shape index (κ3) is 5.34. The second kappa shape index (κ2) is 10.2. The van der Waals surface area contributed by atoms with Crippen molar-refractivity contribution >= 4 is 29.2 Å². The van der Waals surface area contributed by atoms with Gasteiger partial charge in [0, 0.05) is 35.4 Å². The lowest BCUT2D eigenvalue weighted by atomic mass is 10.0. The molecule has 1 heterocycles. The summed E-state index contributed by atoms with van der Waals surface area (Å²) < 4.78 is 0. The number of carbonyl (C=O) groups is 2. The molecule has 2 aromatic carbocycles. The van der Waals surface area contributed by atoms with E-state index in [-0.39, 0.29) is 24.5 Å². The zero-order valence-corrected chi connectivity index (χ0v) is 17.9. The van der Waals surface area contributed by atoms with E-state index in [2.05, 4.69) is 18.2 Å². The molecule has 0 aliphatic carbocycles. The first-order chi connectivity index (χ1) is 14.5. The maximum atomic E-state index is 12.8. The molecule has 0 bridgehead atoms. The number of hydrogen-bond donors (Lipinski definition) is 1. The molecule has 1 aliphatic rings. The highest BCUT2D eigenvalue weighted by molar-refractivity contribution is 6.31. The molecule has 1 saturated heterocycles. The minimum Gasteiger partial charge on any atom is -0.336 e. The van der Waals surface area contributed by atoms with E-state index in [0.29, 0.717) is 22.8 Å². The van der Waals surface area contributed by atoms with Gasteiger partial charge in [0.25, 0.3) is 5.91 Å². The van der Waals surface area contributed by atoms with Gasteiger partial charge in [-0.05, 0) is 62.1 Å². The zero-order valence-electron chi connectivity index (χ0n) is 17.1. The molecule has 156 valence electrons. The van der Waals surface area contributed by atoms with Crippen molar-refractivity contribution in [3.8, 4) is 12.3 Å². The highest BCUT2D eigenvalue weighted by Gasteiger charge is 2.24. The van der Waals surface area contributed by atoms with Crippen molar-refractivity contribution in [2.45, 2.75) is 38.8 Å². The molecule has 0 unspecified atom stereocenters. The van der Waals surface area contributed by atoms with Crippen LogP contribution in [0.1, 0.15) is 42.1 Å². The number of halogens is 1. The highest BCUT2D eigenvalue weighted by atomic mass is 35.5. The lowest BCUT2D eigenvalue weighted by Crippen LogP contribution is -2.42. The minimum atomic E-state index is -0.323. The summed E-state index contributed by atoms with van der Waals surface area (Å²) in [5.74, 6) is 2.55. The predicted octanol–water partition coefficient (Wildman–Crippen LogP) is 5.02. The van der Waals surface area contributed by atoms with Gasteiger partial charge in [0.15, 0.2) is 0 Å². The molecule has 6 heteroatoms.